The molecule has 124 valence electrons. The summed E-state index contributed by atoms with van der Waals surface area (Å²) >= 11 is 0. The summed E-state index contributed by atoms with van der Waals surface area (Å²) < 4.78 is 63.0. The largest absolute Gasteiger partial charge is 0.623 e. The Kier molecular flexibility index (Phi) is 4.99. The van der Waals surface area contributed by atoms with E-state index in [1.165, 1.54) is 13.8 Å². The molecule has 0 atom stereocenters. The summed E-state index contributed by atoms with van der Waals surface area (Å²) in [5.41, 5.74) is -1.57. The summed E-state index contributed by atoms with van der Waals surface area (Å²) in [4.78, 5) is -1.62. The van der Waals surface area contributed by atoms with E-state index in [1.807, 2.05) is 0 Å². The monoisotopic (exact) mass is 353 g/mol. The molecule has 1 rings (SSSR count). The highest BCUT2D eigenvalue weighted by molar-refractivity contribution is 7.86. The zero-order chi connectivity index (χ0) is 17.3. The summed E-state index contributed by atoms with van der Waals surface area (Å²) in [7, 11) is -9.53. The average molecular weight is 353 g/mol. The molecule has 0 saturated heterocycles. The number of nitrogens with zero attached hydrogens (tertiary/aromatic N) is 1. The van der Waals surface area contributed by atoms with Gasteiger partial charge >= 0.3 is 0 Å². The van der Waals surface area contributed by atoms with Crippen molar-refractivity contribution in [1.29, 1.82) is 0 Å². The van der Waals surface area contributed by atoms with Gasteiger partial charge in [0.2, 0.25) is 0 Å². The van der Waals surface area contributed by atoms with Crippen LogP contribution < -0.4 is 0 Å². The van der Waals surface area contributed by atoms with Crippen LogP contribution in [0, 0.1) is 5.21 Å². The van der Waals surface area contributed by atoms with Gasteiger partial charge < -0.3 is 10.3 Å². The molecule has 9 nitrogen and oxygen atoms in total. The van der Waals surface area contributed by atoms with Gasteiger partial charge in [0.05, 0.1) is 10.5 Å². The Hall–Kier alpha value is -1.53. The van der Waals surface area contributed by atoms with E-state index in [0.29, 0.717) is 6.07 Å². The van der Waals surface area contributed by atoms with Crippen LogP contribution in [-0.2, 0) is 20.2 Å². The first-order chi connectivity index (χ1) is 9.79. The quantitative estimate of drug-likeness (QED) is 0.217. The average Bonchev–Trinajstić information content (AvgIpc) is 2.36. The van der Waals surface area contributed by atoms with Gasteiger partial charge in [-0.25, -0.2) is 4.74 Å². The molecule has 0 amide bonds. The molecular weight excluding hydrogens is 338 g/mol. The molecule has 0 saturated carbocycles. The van der Waals surface area contributed by atoms with Gasteiger partial charge in [-0.2, -0.15) is 16.8 Å². The van der Waals surface area contributed by atoms with Gasteiger partial charge in [-0.15, -0.1) is 0 Å². The minimum atomic E-state index is -4.85. The SMILES string of the molecule is CC(C)(CO)[N+]([O-])=Cc1ccc(S(=O)(=O)O)cc1S(=O)(=O)O. The van der Waals surface area contributed by atoms with Crippen LogP contribution >= 0.6 is 0 Å². The molecule has 0 aliphatic rings. The van der Waals surface area contributed by atoms with E-state index in [1.54, 1.807) is 0 Å². The lowest BCUT2D eigenvalue weighted by Gasteiger charge is -2.21. The van der Waals surface area contributed by atoms with Crippen LogP contribution in [0.2, 0.25) is 0 Å². The third-order valence-electron chi connectivity index (χ3n) is 2.80. The number of aliphatic hydroxyl groups is 1. The van der Waals surface area contributed by atoms with Crippen LogP contribution in [0.1, 0.15) is 19.4 Å². The minimum absolute atomic E-state index is 0.268. The highest BCUT2D eigenvalue weighted by atomic mass is 32.2. The molecule has 0 radical (unpaired) electrons. The smallest absolute Gasteiger partial charge is 0.295 e. The van der Waals surface area contributed by atoms with Gasteiger partial charge in [0.25, 0.3) is 20.2 Å². The Morgan fingerprint density at radius 2 is 1.73 bits per heavy atom. The Morgan fingerprint density at radius 1 is 1.18 bits per heavy atom. The predicted octanol–water partition coefficient (Wildman–Crippen LogP) is -0.120. The van der Waals surface area contributed by atoms with Gasteiger partial charge in [0.15, 0.2) is 11.8 Å². The fourth-order valence-corrected chi connectivity index (χ4v) is 2.65. The summed E-state index contributed by atoms with van der Waals surface area (Å²) in [5, 5.41) is 21.0. The van der Waals surface area contributed by atoms with E-state index in [0.717, 1.165) is 18.3 Å². The van der Waals surface area contributed by atoms with E-state index in [9.17, 15) is 22.0 Å². The van der Waals surface area contributed by atoms with E-state index < -0.39 is 42.2 Å². The fourth-order valence-electron chi connectivity index (χ4n) is 1.38. The van der Waals surface area contributed by atoms with E-state index >= 15 is 0 Å². The summed E-state index contributed by atoms with van der Waals surface area (Å²) in [6.07, 6.45) is 0.785. The molecule has 0 unspecified atom stereocenters. The van der Waals surface area contributed by atoms with E-state index in [2.05, 4.69) is 0 Å². The van der Waals surface area contributed by atoms with Crippen LogP contribution in [-0.4, -0.2) is 54.1 Å². The van der Waals surface area contributed by atoms with Crippen molar-refractivity contribution in [2.24, 2.45) is 0 Å². The molecule has 1 aromatic rings. The maximum absolute atomic E-state index is 11.9. The Balaban J connectivity index is 3.61. The molecule has 11 heteroatoms. The Morgan fingerprint density at radius 3 is 2.14 bits per heavy atom. The molecule has 0 bridgehead atoms. The number of rotatable bonds is 5. The van der Waals surface area contributed by atoms with Crippen LogP contribution in [0.15, 0.2) is 28.0 Å². The highest BCUT2D eigenvalue weighted by Crippen LogP contribution is 2.20. The predicted molar refractivity (Wildman–Crippen MR) is 76.0 cm³/mol. The molecule has 1 aromatic carbocycles. The Bertz CT molecular complexity index is 808. The molecule has 0 heterocycles. The number of aliphatic hydroxyl groups excluding tert-OH is 1. The van der Waals surface area contributed by atoms with Crippen LogP contribution in [0.3, 0.4) is 0 Å². The molecule has 0 fully saturated rings. The van der Waals surface area contributed by atoms with Crippen molar-refractivity contribution in [2.75, 3.05) is 6.61 Å². The number of benzene rings is 1. The van der Waals surface area contributed by atoms with Gasteiger partial charge in [-0.3, -0.25) is 9.11 Å². The fraction of sp³-hybridized carbons (Fsp3) is 0.364. The Labute approximate surface area is 127 Å². The van der Waals surface area contributed by atoms with Crippen LogP contribution in [0.5, 0.6) is 0 Å². The van der Waals surface area contributed by atoms with Crippen molar-refractivity contribution in [2.45, 2.75) is 29.2 Å². The van der Waals surface area contributed by atoms with Gasteiger partial charge in [0.1, 0.15) is 11.5 Å². The summed E-state index contributed by atoms with van der Waals surface area (Å²) in [5.74, 6) is 0. The van der Waals surface area contributed by atoms with Crippen molar-refractivity contribution >= 4 is 26.5 Å². The summed E-state index contributed by atoms with van der Waals surface area (Å²) in [6.45, 7) is 2.24. The van der Waals surface area contributed by atoms with Crippen molar-refractivity contribution in [3.63, 3.8) is 0 Å². The van der Waals surface area contributed by atoms with Crippen molar-refractivity contribution in [3.05, 3.63) is 29.0 Å². The third kappa shape index (κ3) is 4.24. The zero-order valence-corrected chi connectivity index (χ0v) is 13.3. The molecule has 0 spiro atoms. The second-order valence-corrected chi connectivity index (χ2v) is 7.89. The van der Waals surface area contributed by atoms with E-state index in [-0.39, 0.29) is 10.3 Å². The molecule has 0 aliphatic carbocycles. The molecule has 0 aromatic heterocycles. The zero-order valence-electron chi connectivity index (χ0n) is 11.7. The van der Waals surface area contributed by atoms with Crippen molar-refractivity contribution in [1.82, 2.24) is 0 Å². The van der Waals surface area contributed by atoms with Crippen molar-refractivity contribution in [3.8, 4) is 0 Å². The molecular formula is C11H15NO8S2. The first-order valence-corrected chi connectivity index (χ1v) is 8.68. The second-order valence-electron chi connectivity index (χ2n) is 5.08. The normalized spacial score (nSPS) is 14.1. The number of hydrogen-bond acceptors (Lipinski definition) is 6. The number of hydrogen-bond donors (Lipinski definition) is 3. The van der Waals surface area contributed by atoms with Crippen LogP contribution in [0.25, 0.3) is 0 Å². The lowest BCUT2D eigenvalue weighted by atomic mass is 10.1. The lowest BCUT2D eigenvalue weighted by Crippen LogP contribution is -2.37. The van der Waals surface area contributed by atoms with Gasteiger partial charge in [-0.1, -0.05) is 0 Å². The summed E-state index contributed by atoms with van der Waals surface area (Å²) in [6, 6.07) is 2.33. The third-order valence-corrected chi connectivity index (χ3v) is 4.56. The molecule has 3 N–H and O–H groups in total. The first kappa shape index (κ1) is 18.5. The highest BCUT2D eigenvalue weighted by Gasteiger charge is 2.27. The maximum atomic E-state index is 11.9. The van der Waals surface area contributed by atoms with Crippen molar-refractivity contribution < 1.29 is 35.8 Å². The maximum Gasteiger partial charge on any atom is 0.295 e. The minimum Gasteiger partial charge on any atom is -0.623 e. The van der Waals surface area contributed by atoms with Gasteiger partial charge in [0, 0.05) is 13.8 Å². The molecule has 22 heavy (non-hydrogen) atoms. The standard InChI is InChI=1S/C11H15NO8S2/c1-11(2,7-13)12(14)6-8-3-4-9(21(15,16)17)5-10(8)22(18,19)20/h3-6,13H,7H2,1-2H3,(H,15,16,17)(H,18,19,20). The lowest BCUT2D eigenvalue weighted by molar-refractivity contribution is -0.539. The topological polar surface area (TPSA) is 155 Å². The van der Waals surface area contributed by atoms with Crippen LogP contribution in [0.4, 0.5) is 0 Å². The van der Waals surface area contributed by atoms with E-state index in [4.69, 9.17) is 14.2 Å². The second kappa shape index (κ2) is 5.93. The number of hydroxylamine groups is 1. The van der Waals surface area contributed by atoms with Gasteiger partial charge in [-0.05, 0) is 18.2 Å². The first-order valence-electron chi connectivity index (χ1n) is 5.80. The molecule has 0 aliphatic heterocycles.